The second-order valence-electron chi connectivity index (χ2n) is 3.76. The molecule has 0 bridgehead atoms. The van der Waals surface area contributed by atoms with Crippen molar-refractivity contribution in [1.29, 1.82) is 0 Å². The van der Waals surface area contributed by atoms with E-state index < -0.39 is 28.1 Å². The van der Waals surface area contributed by atoms with Crippen molar-refractivity contribution in [3.8, 4) is 5.75 Å². The van der Waals surface area contributed by atoms with Gasteiger partial charge >= 0.3 is 11.7 Å². The first-order valence-corrected chi connectivity index (χ1v) is 6.11. The fourth-order valence-corrected chi connectivity index (χ4v) is 1.68. The summed E-state index contributed by atoms with van der Waals surface area (Å²) in [5.41, 5.74) is -0.624. The third-order valence-corrected chi connectivity index (χ3v) is 3.04. The van der Waals surface area contributed by atoms with E-state index in [1.807, 2.05) is 0 Å². The number of halogens is 3. The maximum absolute atomic E-state index is 13.1. The van der Waals surface area contributed by atoms with Crippen molar-refractivity contribution in [3.05, 3.63) is 62.1 Å². The van der Waals surface area contributed by atoms with E-state index in [9.17, 15) is 19.3 Å². The van der Waals surface area contributed by atoms with Gasteiger partial charge < -0.3 is 4.74 Å². The molecule has 0 amide bonds. The molecule has 0 radical (unpaired) electrons. The van der Waals surface area contributed by atoms with Crippen LogP contribution in [0.1, 0.15) is 10.4 Å². The molecule has 6 nitrogen and oxygen atoms in total. The first-order valence-electron chi connectivity index (χ1n) is 5.35. The number of benzene rings is 1. The minimum atomic E-state index is -0.977. The third-order valence-electron chi connectivity index (χ3n) is 2.35. The normalized spacial score (nSPS) is 10.2. The van der Waals surface area contributed by atoms with Gasteiger partial charge in [-0.2, -0.15) is 0 Å². The molecule has 21 heavy (non-hydrogen) atoms. The van der Waals surface area contributed by atoms with Gasteiger partial charge in [-0.25, -0.2) is 14.2 Å². The van der Waals surface area contributed by atoms with Crippen LogP contribution in [0.2, 0.25) is 10.2 Å². The van der Waals surface area contributed by atoms with Crippen molar-refractivity contribution in [2.24, 2.45) is 0 Å². The zero-order valence-corrected chi connectivity index (χ0v) is 11.6. The highest BCUT2D eigenvalue weighted by Crippen LogP contribution is 2.28. The molecule has 0 aliphatic carbocycles. The van der Waals surface area contributed by atoms with E-state index in [4.69, 9.17) is 27.9 Å². The molecule has 0 N–H and O–H groups in total. The van der Waals surface area contributed by atoms with Crippen molar-refractivity contribution < 1.29 is 18.8 Å². The minimum Gasteiger partial charge on any atom is -0.415 e. The van der Waals surface area contributed by atoms with E-state index in [0.717, 1.165) is 24.4 Å². The molecular weight excluding hydrogens is 326 g/mol. The van der Waals surface area contributed by atoms with Crippen LogP contribution in [0.15, 0.2) is 30.5 Å². The average molecular weight is 331 g/mol. The number of rotatable bonds is 3. The Morgan fingerprint density at radius 1 is 1.33 bits per heavy atom. The number of esters is 1. The fraction of sp³-hybridized carbons (Fsp3) is 0. The highest BCUT2D eigenvalue weighted by molar-refractivity contribution is 6.41. The van der Waals surface area contributed by atoms with Gasteiger partial charge in [-0.15, -0.1) is 0 Å². The van der Waals surface area contributed by atoms with Gasteiger partial charge in [0.1, 0.15) is 11.0 Å². The van der Waals surface area contributed by atoms with Gasteiger partial charge in [0.2, 0.25) is 5.75 Å². The second kappa shape index (κ2) is 6.02. The van der Waals surface area contributed by atoms with E-state index in [2.05, 4.69) is 4.98 Å². The summed E-state index contributed by atoms with van der Waals surface area (Å²) in [5, 5.41) is 10.8. The van der Waals surface area contributed by atoms with Crippen molar-refractivity contribution in [2.75, 3.05) is 0 Å². The van der Waals surface area contributed by atoms with Crippen molar-refractivity contribution in [3.63, 3.8) is 0 Å². The predicted molar refractivity (Wildman–Crippen MR) is 72.3 cm³/mol. The Labute approximate surface area is 127 Å². The summed E-state index contributed by atoms with van der Waals surface area (Å²) in [6.45, 7) is 0. The standard InChI is InChI=1S/C12H5Cl2FN2O4/c13-8-3-6(5-16-11(8)14)12(18)21-10-4-7(15)1-2-9(10)17(19)20/h1-5H. The molecule has 0 fully saturated rings. The Morgan fingerprint density at radius 3 is 2.67 bits per heavy atom. The van der Waals surface area contributed by atoms with Crippen LogP contribution < -0.4 is 4.74 Å². The maximum Gasteiger partial charge on any atom is 0.345 e. The highest BCUT2D eigenvalue weighted by Gasteiger charge is 2.20. The molecule has 0 aliphatic heterocycles. The van der Waals surface area contributed by atoms with Crippen LogP contribution in [0.25, 0.3) is 0 Å². The van der Waals surface area contributed by atoms with Gasteiger partial charge in [-0.1, -0.05) is 23.2 Å². The van der Waals surface area contributed by atoms with Gasteiger partial charge in [0.05, 0.1) is 15.5 Å². The number of nitrogens with zero attached hydrogens (tertiary/aromatic N) is 2. The summed E-state index contributed by atoms with van der Waals surface area (Å²) in [6, 6.07) is 3.70. The maximum atomic E-state index is 13.1. The van der Waals surface area contributed by atoms with Crippen LogP contribution in [-0.4, -0.2) is 15.9 Å². The second-order valence-corrected chi connectivity index (χ2v) is 4.52. The Kier molecular flexibility index (Phi) is 4.35. The molecule has 0 saturated heterocycles. The largest absolute Gasteiger partial charge is 0.415 e. The van der Waals surface area contributed by atoms with Gasteiger partial charge in [0, 0.05) is 18.3 Å². The lowest BCUT2D eigenvalue weighted by Gasteiger charge is -2.05. The van der Waals surface area contributed by atoms with Crippen molar-refractivity contribution >= 4 is 34.9 Å². The molecule has 0 atom stereocenters. The topological polar surface area (TPSA) is 82.3 Å². The van der Waals surface area contributed by atoms with E-state index in [-0.39, 0.29) is 15.7 Å². The van der Waals surface area contributed by atoms with Crippen LogP contribution in [0.3, 0.4) is 0 Å². The van der Waals surface area contributed by atoms with E-state index >= 15 is 0 Å². The van der Waals surface area contributed by atoms with Crippen LogP contribution in [-0.2, 0) is 0 Å². The Hall–Kier alpha value is -2.25. The molecule has 9 heteroatoms. The SMILES string of the molecule is O=C(Oc1cc(F)ccc1[N+](=O)[O-])c1cnc(Cl)c(Cl)c1. The monoisotopic (exact) mass is 330 g/mol. The molecule has 2 aromatic rings. The summed E-state index contributed by atoms with van der Waals surface area (Å²) >= 11 is 11.3. The van der Waals surface area contributed by atoms with E-state index in [1.54, 1.807) is 0 Å². The number of pyridine rings is 1. The number of carbonyl (C=O) groups excluding carboxylic acids is 1. The summed E-state index contributed by atoms with van der Waals surface area (Å²) in [7, 11) is 0. The molecule has 0 aliphatic rings. The number of carbonyl (C=O) groups is 1. The molecule has 1 aromatic heterocycles. The quantitative estimate of drug-likeness (QED) is 0.282. The summed E-state index contributed by atoms with van der Waals surface area (Å²) < 4.78 is 17.9. The third kappa shape index (κ3) is 3.45. The Morgan fingerprint density at radius 2 is 2.05 bits per heavy atom. The smallest absolute Gasteiger partial charge is 0.345 e. The zero-order chi connectivity index (χ0) is 15.6. The average Bonchev–Trinajstić information content (AvgIpc) is 2.41. The first-order chi connectivity index (χ1) is 9.88. The van der Waals surface area contributed by atoms with Gasteiger partial charge in [0.25, 0.3) is 0 Å². The van der Waals surface area contributed by atoms with Gasteiger partial charge in [-0.3, -0.25) is 10.1 Å². The lowest BCUT2D eigenvalue weighted by atomic mass is 10.2. The number of hydrogen-bond donors (Lipinski definition) is 0. The van der Waals surface area contributed by atoms with Crippen LogP contribution >= 0.6 is 23.2 Å². The Balaban J connectivity index is 2.33. The van der Waals surface area contributed by atoms with Crippen LogP contribution in [0, 0.1) is 15.9 Å². The van der Waals surface area contributed by atoms with Gasteiger partial charge in [0.15, 0.2) is 0 Å². The van der Waals surface area contributed by atoms with Crippen molar-refractivity contribution in [2.45, 2.75) is 0 Å². The summed E-state index contributed by atoms with van der Waals surface area (Å²) in [4.78, 5) is 25.5. The molecule has 0 unspecified atom stereocenters. The molecule has 108 valence electrons. The van der Waals surface area contributed by atoms with Crippen molar-refractivity contribution in [1.82, 2.24) is 4.98 Å². The fourth-order valence-electron chi connectivity index (χ4n) is 1.41. The highest BCUT2D eigenvalue weighted by atomic mass is 35.5. The molecule has 0 saturated carbocycles. The molecule has 0 spiro atoms. The number of ether oxygens (including phenoxy) is 1. The zero-order valence-electron chi connectivity index (χ0n) is 10.0. The van der Waals surface area contributed by atoms with E-state index in [1.165, 1.54) is 6.07 Å². The number of nitro benzene ring substituents is 1. The first kappa shape index (κ1) is 15.1. The Bertz CT molecular complexity index is 739. The molecular formula is C12H5Cl2FN2O4. The number of aromatic nitrogens is 1. The molecule has 1 heterocycles. The lowest BCUT2D eigenvalue weighted by molar-refractivity contribution is -0.385. The predicted octanol–water partition coefficient (Wildman–Crippen LogP) is 3.65. The summed E-state index contributed by atoms with van der Waals surface area (Å²) in [5.74, 6) is -2.28. The minimum absolute atomic E-state index is 0.00930. The van der Waals surface area contributed by atoms with Gasteiger partial charge in [-0.05, 0) is 12.1 Å². The number of nitro groups is 1. The summed E-state index contributed by atoms with van der Waals surface area (Å²) in [6.07, 6.45) is 1.08. The lowest BCUT2D eigenvalue weighted by Crippen LogP contribution is -2.10. The molecule has 2 rings (SSSR count). The van der Waals surface area contributed by atoms with Crippen LogP contribution in [0.4, 0.5) is 10.1 Å². The van der Waals surface area contributed by atoms with E-state index in [0.29, 0.717) is 0 Å². The molecule has 1 aromatic carbocycles. The van der Waals surface area contributed by atoms with Crippen LogP contribution in [0.5, 0.6) is 5.75 Å². The number of hydrogen-bond acceptors (Lipinski definition) is 5.